The molecule has 1 rings (SSSR count). The Morgan fingerprint density at radius 1 is 1.32 bits per heavy atom. The van der Waals surface area contributed by atoms with Crippen molar-refractivity contribution in [1.29, 1.82) is 5.26 Å². The molecule has 0 amide bonds. The fourth-order valence-corrected chi connectivity index (χ4v) is 1.89. The maximum absolute atomic E-state index is 11.8. The molecule has 102 valence electrons. The Bertz CT molecular complexity index is 454. The molecule has 19 heavy (non-hydrogen) atoms. The Morgan fingerprint density at radius 3 is 2.37 bits per heavy atom. The van der Waals surface area contributed by atoms with E-state index in [1.807, 2.05) is 58.0 Å². The van der Waals surface area contributed by atoms with Gasteiger partial charge in [0.05, 0.1) is 18.4 Å². The lowest BCUT2D eigenvalue weighted by molar-refractivity contribution is -0.155. The van der Waals surface area contributed by atoms with Crippen LogP contribution in [0.5, 0.6) is 0 Å². The van der Waals surface area contributed by atoms with Crippen LogP contribution in [0.3, 0.4) is 0 Å². The van der Waals surface area contributed by atoms with E-state index in [4.69, 9.17) is 4.74 Å². The van der Waals surface area contributed by atoms with E-state index in [0.717, 1.165) is 5.56 Å². The Morgan fingerprint density at radius 2 is 1.89 bits per heavy atom. The van der Waals surface area contributed by atoms with Gasteiger partial charge in [-0.3, -0.25) is 4.79 Å². The van der Waals surface area contributed by atoms with Gasteiger partial charge in [0.15, 0.2) is 0 Å². The largest absolute Gasteiger partial charge is 0.460 e. The van der Waals surface area contributed by atoms with Crippen molar-refractivity contribution in [2.75, 3.05) is 0 Å². The van der Waals surface area contributed by atoms with Crippen molar-refractivity contribution in [2.45, 2.75) is 45.6 Å². The summed E-state index contributed by atoms with van der Waals surface area (Å²) in [7, 11) is 0. The Balaban J connectivity index is 2.69. The van der Waals surface area contributed by atoms with Gasteiger partial charge in [0.2, 0.25) is 0 Å². The third kappa shape index (κ3) is 5.13. The van der Waals surface area contributed by atoms with Gasteiger partial charge in [0, 0.05) is 0 Å². The van der Waals surface area contributed by atoms with Crippen LogP contribution in [0.1, 0.15) is 45.6 Å². The molecule has 0 N–H and O–H groups in total. The highest BCUT2D eigenvalue weighted by atomic mass is 16.6. The van der Waals surface area contributed by atoms with Crippen molar-refractivity contribution < 1.29 is 9.53 Å². The monoisotopic (exact) mass is 259 g/mol. The van der Waals surface area contributed by atoms with E-state index in [2.05, 4.69) is 6.07 Å². The third-order valence-corrected chi connectivity index (χ3v) is 2.90. The fourth-order valence-electron chi connectivity index (χ4n) is 1.89. The van der Waals surface area contributed by atoms with Crippen molar-refractivity contribution >= 4 is 5.97 Å². The van der Waals surface area contributed by atoms with Crippen molar-refractivity contribution in [1.82, 2.24) is 0 Å². The summed E-state index contributed by atoms with van der Waals surface area (Å²) < 4.78 is 5.27. The zero-order chi connectivity index (χ0) is 14.5. The van der Waals surface area contributed by atoms with E-state index in [9.17, 15) is 10.1 Å². The summed E-state index contributed by atoms with van der Waals surface area (Å²) in [5, 5.41) is 9.25. The van der Waals surface area contributed by atoms with Crippen LogP contribution in [-0.4, -0.2) is 11.6 Å². The number of rotatable bonds is 4. The normalized spacial score (nSPS) is 14.3. The van der Waals surface area contributed by atoms with E-state index in [0.29, 0.717) is 0 Å². The lowest BCUT2D eigenvalue weighted by atomic mass is 9.86. The number of ether oxygens (including phenoxy) is 1. The Kier molecular flexibility index (Phi) is 5.11. The minimum absolute atomic E-state index is 0.0127. The number of carbonyl (C=O) groups excluding carboxylic acids is 1. The van der Waals surface area contributed by atoms with Crippen LogP contribution in [0.25, 0.3) is 0 Å². The van der Waals surface area contributed by atoms with Crippen LogP contribution in [0, 0.1) is 17.2 Å². The summed E-state index contributed by atoms with van der Waals surface area (Å²) in [4.78, 5) is 11.8. The first kappa shape index (κ1) is 15.2. The molecule has 3 nitrogen and oxygen atoms in total. The first-order chi connectivity index (χ1) is 8.83. The smallest absolute Gasteiger partial charge is 0.307 e. The number of hydrogen-bond acceptors (Lipinski definition) is 3. The lowest BCUT2D eigenvalue weighted by Crippen LogP contribution is -2.26. The molecule has 2 unspecified atom stereocenters. The van der Waals surface area contributed by atoms with E-state index in [1.54, 1.807) is 0 Å². The number of hydrogen-bond donors (Lipinski definition) is 0. The highest BCUT2D eigenvalue weighted by Crippen LogP contribution is 2.27. The maximum Gasteiger partial charge on any atom is 0.307 e. The van der Waals surface area contributed by atoms with Crippen molar-refractivity contribution in [3.05, 3.63) is 35.9 Å². The van der Waals surface area contributed by atoms with Gasteiger partial charge >= 0.3 is 5.97 Å². The summed E-state index contributed by atoms with van der Waals surface area (Å²) in [6.45, 7) is 7.44. The van der Waals surface area contributed by atoms with Gasteiger partial charge in [-0.1, -0.05) is 37.3 Å². The molecule has 3 heteroatoms. The van der Waals surface area contributed by atoms with E-state index >= 15 is 0 Å². The lowest BCUT2D eigenvalue weighted by Gasteiger charge is -2.22. The van der Waals surface area contributed by atoms with Gasteiger partial charge in [0.25, 0.3) is 0 Å². The van der Waals surface area contributed by atoms with E-state index in [-0.39, 0.29) is 24.2 Å². The average molecular weight is 259 g/mol. The molecule has 1 aromatic rings. The first-order valence-electron chi connectivity index (χ1n) is 6.50. The summed E-state index contributed by atoms with van der Waals surface area (Å²) in [5.74, 6) is -0.669. The third-order valence-electron chi connectivity index (χ3n) is 2.90. The zero-order valence-electron chi connectivity index (χ0n) is 12.0. The summed E-state index contributed by atoms with van der Waals surface area (Å²) >= 11 is 0. The van der Waals surface area contributed by atoms with Gasteiger partial charge in [-0.2, -0.15) is 5.26 Å². The highest BCUT2D eigenvalue weighted by molar-refractivity contribution is 5.70. The van der Waals surface area contributed by atoms with Crippen LogP contribution in [0.15, 0.2) is 30.3 Å². The van der Waals surface area contributed by atoms with Crippen LogP contribution in [0.2, 0.25) is 0 Å². The van der Waals surface area contributed by atoms with Gasteiger partial charge in [-0.15, -0.1) is 0 Å². The minimum Gasteiger partial charge on any atom is -0.460 e. The molecule has 0 aromatic heterocycles. The molecule has 0 aliphatic carbocycles. The average Bonchev–Trinajstić information content (AvgIpc) is 2.34. The standard InChI is InChI=1S/C16H21NO2/c1-12(13-8-6-5-7-9-13)14(11-17)10-15(18)19-16(2,3)4/h5-9,12,14H,10H2,1-4H3. The molecule has 0 spiro atoms. The molecule has 0 saturated carbocycles. The van der Waals surface area contributed by atoms with Crippen LogP contribution >= 0.6 is 0 Å². The molecular weight excluding hydrogens is 238 g/mol. The molecule has 1 aromatic carbocycles. The maximum atomic E-state index is 11.8. The summed E-state index contributed by atoms with van der Waals surface area (Å²) in [6.07, 6.45) is 0.129. The van der Waals surface area contributed by atoms with Crippen molar-refractivity contribution in [3.8, 4) is 6.07 Å². The number of nitrogens with zero attached hydrogens (tertiary/aromatic N) is 1. The second kappa shape index (κ2) is 6.38. The topological polar surface area (TPSA) is 50.1 Å². The molecule has 0 saturated heterocycles. The molecule has 0 fully saturated rings. The molecule has 0 aliphatic heterocycles. The van der Waals surface area contributed by atoms with Crippen molar-refractivity contribution in [2.24, 2.45) is 5.92 Å². The SMILES string of the molecule is CC(c1ccccc1)C(C#N)CC(=O)OC(C)(C)C. The number of benzene rings is 1. The number of nitriles is 1. The Hall–Kier alpha value is -1.82. The number of esters is 1. The molecule has 0 bridgehead atoms. The first-order valence-corrected chi connectivity index (χ1v) is 6.50. The van der Waals surface area contributed by atoms with Crippen molar-refractivity contribution in [3.63, 3.8) is 0 Å². The zero-order valence-corrected chi connectivity index (χ0v) is 12.0. The fraction of sp³-hybridized carbons (Fsp3) is 0.500. The highest BCUT2D eigenvalue weighted by Gasteiger charge is 2.25. The molecule has 0 aliphatic rings. The molecule has 0 heterocycles. The molecule has 0 radical (unpaired) electrons. The summed E-state index contributed by atoms with van der Waals surface area (Å²) in [5.41, 5.74) is 0.560. The van der Waals surface area contributed by atoms with Gasteiger partial charge < -0.3 is 4.74 Å². The van der Waals surface area contributed by atoms with E-state index in [1.165, 1.54) is 0 Å². The van der Waals surface area contributed by atoms with Gasteiger partial charge in [0.1, 0.15) is 5.60 Å². The summed E-state index contributed by atoms with van der Waals surface area (Å²) in [6, 6.07) is 12.0. The minimum atomic E-state index is -0.507. The molecular formula is C16H21NO2. The second-order valence-electron chi connectivity index (χ2n) is 5.73. The quantitative estimate of drug-likeness (QED) is 0.775. The van der Waals surface area contributed by atoms with Crippen LogP contribution in [-0.2, 0) is 9.53 Å². The van der Waals surface area contributed by atoms with E-state index < -0.39 is 5.60 Å². The predicted octanol–water partition coefficient (Wildman–Crippen LogP) is 3.66. The number of carbonyl (C=O) groups is 1. The van der Waals surface area contributed by atoms with Gasteiger partial charge in [-0.05, 0) is 32.3 Å². The van der Waals surface area contributed by atoms with Gasteiger partial charge in [-0.25, -0.2) is 0 Å². The van der Waals surface area contributed by atoms with Crippen LogP contribution in [0.4, 0.5) is 0 Å². The Labute approximate surface area is 115 Å². The van der Waals surface area contributed by atoms with Crippen LogP contribution < -0.4 is 0 Å². The second-order valence-corrected chi connectivity index (χ2v) is 5.73. The predicted molar refractivity (Wildman–Crippen MR) is 74.4 cm³/mol. The molecule has 2 atom stereocenters.